The van der Waals surface area contributed by atoms with Gasteiger partial charge in [0, 0.05) is 12.6 Å². The molecule has 0 saturated heterocycles. The minimum atomic E-state index is -0.847. The topological polar surface area (TPSA) is 56.0 Å². The first-order valence-corrected chi connectivity index (χ1v) is 4.99. The highest BCUT2D eigenvalue weighted by atomic mass is 35.5. The quantitative estimate of drug-likeness (QED) is 0.797. The van der Waals surface area contributed by atoms with E-state index in [1.54, 1.807) is 0 Å². The molecule has 1 unspecified atom stereocenters. The maximum absolute atomic E-state index is 13.3. The Labute approximate surface area is 96.3 Å². The summed E-state index contributed by atoms with van der Waals surface area (Å²) in [6.45, 7) is 0.00571. The summed E-state index contributed by atoms with van der Waals surface area (Å²) < 4.78 is 26.4. The van der Waals surface area contributed by atoms with Crippen LogP contribution in [0.2, 0.25) is 0 Å². The van der Waals surface area contributed by atoms with E-state index >= 15 is 0 Å². The molecule has 16 heavy (non-hydrogen) atoms. The van der Waals surface area contributed by atoms with Crippen LogP contribution >= 0.6 is 11.6 Å². The van der Waals surface area contributed by atoms with Crippen molar-refractivity contribution >= 4 is 17.3 Å². The van der Waals surface area contributed by atoms with Gasteiger partial charge in [-0.25, -0.2) is 8.78 Å². The molecule has 0 amide bonds. The van der Waals surface area contributed by atoms with E-state index in [1.165, 1.54) is 6.07 Å². The van der Waals surface area contributed by atoms with E-state index in [9.17, 15) is 8.78 Å². The van der Waals surface area contributed by atoms with Crippen LogP contribution in [0.4, 0.5) is 14.5 Å². The summed E-state index contributed by atoms with van der Waals surface area (Å²) in [5, 5.41) is 20.1. The number of benzene rings is 1. The number of rotatable bonds is 4. The second-order valence-electron chi connectivity index (χ2n) is 3.11. The van der Waals surface area contributed by atoms with Crippen molar-refractivity contribution in [2.75, 3.05) is 17.7 Å². The summed E-state index contributed by atoms with van der Waals surface area (Å²) >= 11 is 5.34. The molecule has 0 aliphatic carbocycles. The van der Waals surface area contributed by atoms with E-state index in [1.807, 2.05) is 0 Å². The highest BCUT2D eigenvalue weighted by molar-refractivity contribution is 6.18. The standard InChI is InChI=1S/C10H9ClF2N2O/c11-3-7(16)5-15-10-2-8(12)6(4-14)1-9(10)13/h1-2,7,15-16H,3,5H2. The number of nitriles is 1. The molecule has 0 spiro atoms. The van der Waals surface area contributed by atoms with Crippen molar-refractivity contribution in [1.29, 1.82) is 5.26 Å². The Kier molecular flexibility index (Phi) is 4.47. The third-order valence-corrected chi connectivity index (χ3v) is 2.24. The van der Waals surface area contributed by atoms with Gasteiger partial charge < -0.3 is 10.4 Å². The van der Waals surface area contributed by atoms with Crippen molar-refractivity contribution in [3.05, 3.63) is 29.3 Å². The highest BCUT2D eigenvalue weighted by Gasteiger charge is 2.10. The summed E-state index contributed by atoms with van der Waals surface area (Å²) in [5.74, 6) is -1.57. The van der Waals surface area contributed by atoms with E-state index in [0.717, 1.165) is 12.1 Å². The molecule has 0 fully saturated rings. The van der Waals surface area contributed by atoms with Crippen LogP contribution < -0.4 is 5.32 Å². The van der Waals surface area contributed by atoms with Crippen molar-refractivity contribution in [3.63, 3.8) is 0 Å². The molecule has 2 N–H and O–H groups in total. The minimum Gasteiger partial charge on any atom is -0.390 e. The van der Waals surface area contributed by atoms with E-state index in [4.69, 9.17) is 22.0 Å². The normalized spacial score (nSPS) is 11.9. The van der Waals surface area contributed by atoms with E-state index in [2.05, 4.69) is 5.32 Å². The van der Waals surface area contributed by atoms with Gasteiger partial charge in [-0.15, -0.1) is 11.6 Å². The van der Waals surface area contributed by atoms with Gasteiger partial charge in [0.2, 0.25) is 0 Å². The lowest BCUT2D eigenvalue weighted by molar-refractivity contribution is 0.211. The van der Waals surface area contributed by atoms with E-state index in [-0.39, 0.29) is 23.7 Å². The lowest BCUT2D eigenvalue weighted by atomic mass is 10.2. The third kappa shape index (κ3) is 3.05. The fourth-order valence-corrected chi connectivity index (χ4v) is 1.16. The van der Waals surface area contributed by atoms with Crippen molar-refractivity contribution in [1.82, 2.24) is 0 Å². The monoisotopic (exact) mass is 246 g/mol. The molecule has 0 heterocycles. The predicted molar refractivity (Wildman–Crippen MR) is 56.3 cm³/mol. The average molecular weight is 247 g/mol. The van der Waals surface area contributed by atoms with Crippen LogP contribution in [0.1, 0.15) is 5.56 Å². The summed E-state index contributed by atoms with van der Waals surface area (Å²) in [5.41, 5.74) is -0.471. The summed E-state index contributed by atoms with van der Waals surface area (Å²) in [4.78, 5) is 0. The minimum absolute atomic E-state index is 0.00571. The second kappa shape index (κ2) is 5.64. The summed E-state index contributed by atoms with van der Waals surface area (Å²) in [7, 11) is 0. The summed E-state index contributed by atoms with van der Waals surface area (Å²) in [6.07, 6.45) is -0.847. The Morgan fingerprint density at radius 2 is 2.12 bits per heavy atom. The third-order valence-electron chi connectivity index (χ3n) is 1.88. The van der Waals surface area contributed by atoms with Crippen molar-refractivity contribution in [2.45, 2.75) is 6.10 Å². The number of halogens is 3. The van der Waals surface area contributed by atoms with Gasteiger partial charge in [0.1, 0.15) is 17.7 Å². The molecule has 0 aliphatic rings. The molecule has 0 bridgehead atoms. The zero-order valence-corrected chi connectivity index (χ0v) is 8.93. The van der Waals surface area contributed by atoms with Crippen LogP contribution in [0, 0.1) is 23.0 Å². The number of hydrogen-bond acceptors (Lipinski definition) is 3. The molecule has 3 nitrogen and oxygen atoms in total. The number of nitrogens with zero attached hydrogens (tertiary/aromatic N) is 1. The first-order chi connectivity index (χ1) is 7.58. The molecule has 0 aromatic heterocycles. The largest absolute Gasteiger partial charge is 0.390 e. The van der Waals surface area contributed by atoms with Gasteiger partial charge in [-0.05, 0) is 6.07 Å². The van der Waals surface area contributed by atoms with Crippen LogP contribution in [0.5, 0.6) is 0 Å². The van der Waals surface area contributed by atoms with Crippen LogP contribution in [0.3, 0.4) is 0 Å². The fraction of sp³-hybridized carbons (Fsp3) is 0.300. The van der Waals surface area contributed by atoms with Gasteiger partial charge in [-0.1, -0.05) is 0 Å². The highest BCUT2D eigenvalue weighted by Crippen LogP contribution is 2.18. The summed E-state index contributed by atoms with van der Waals surface area (Å²) in [6, 6.07) is 3.19. The van der Waals surface area contributed by atoms with Crippen LogP contribution in [-0.4, -0.2) is 23.6 Å². The molecule has 0 radical (unpaired) electrons. The molecule has 1 aromatic rings. The first-order valence-electron chi connectivity index (χ1n) is 4.45. The first kappa shape index (κ1) is 12.7. The Hall–Kier alpha value is -1.38. The molecule has 0 saturated carbocycles. The second-order valence-corrected chi connectivity index (χ2v) is 3.42. The zero-order chi connectivity index (χ0) is 12.1. The lowest BCUT2D eigenvalue weighted by Gasteiger charge is -2.11. The van der Waals surface area contributed by atoms with Crippen molar-refractivity contribution in [2.24, 2.45) is 0 Å². The maximum Gasteiger partial charge on any atom is 0.147 e. The Bertz CT molecular complexity index is 420. The van der Waals surface area contributed by atoms with Gasteiger partial charge in [-0.3, -0.25) is 0 Å². The van der Waals surface area contributed by atoms with E-state index < -0.39 is 17.7 Å². The molecular formula is C10H9ClF2N2O. The maximum atomic E-state index is 13.3. The average Bonchev–Trinajstić information content (AvgIpc) is 2.29. The van der Waals surface area contributed by atoms with Gasteiger partial charge in [0.25, 0.3) is 0 Å². The van der Waals surface area contributed by atoms with Crippen LogP contribution in [0.25, 0.3) is 0 Å². The number of nitrogens with one attached hydrogen (secondary N) is 1. The molecule has 1 atom stereocenters. The van der Waals surface area contributed by atoms with Gasteiger partial charge >= 0.3 is 0 Å². The number of aliphatic hydroxyl groups excluding tert-OH is 1. The lowest BCUT2D eigenvalue weighted by Crippen LogP contribution is -2.21. The molecule has 6 heteroatoms. The van der Waals surface area contributed by atoms with Gasteiger partial charge in [0.05, 0.1) is 23.2 Å². The molecule has 0 aliphatic heterocycles. The number of alkyl halides is 1. The SMILES string of the molecule is N#Cc1cc(F)c(NCC(O)CCl)cc1F. The Morgan fingerprint density at radius 3 is 2.69 bits per heavy atom. The fourth-order valence-electron chi connectivity index (χ4n) is 1.05. The molecule has 1 aromatic carbocycles. The van der Waals surface area contributed by atoms with Crippen LogP contribution in [-0.2, 0) is 0 Å². The van der Waals surface area contributed by atoms with Crippen molar-refractivity contribution in [3.8, 4) is 6.07 Å². The predicted octanol–water partition coefficient (Wildman–Crippen LogP) is 1.85. The van der Waals surface area contributed by atoms with Crippen molar-refractivity contribution < 1.29 is 13.9 Å². The van der Waals surface area contributed by atoms with Crippen LogP contribution in [0.15, 0.2) is 12.1 Å². The molecule has 86 valence electrons. The number of aliphatic hydroxyl groups is 1. The van der Waals surface area contributed by atoms with Gasteiger partial charge in [-0.2, -0.15) is 5.26 Å². The van der Waals surface area contributed by atoms with Gasteiger partial charge in [0.15, 0.2) is 0 Å². The smallest absolute Gasteiger partial charge is 0.147 e. The number of hydrogen-bond donors (Lipinski definition) is 2. The Morgan fingerprint density at radius 1 is 1.44 bits per heavy atom. The zero-order valence-electron chi connectivity index (χ0n) is 8.17. The molecule has 1 rings (SSSR count). The Balaban J connectivity index is 2.82. The van der Waals surface area contributed by atoms with E-state index in [0.29, 0.717) is 0 Å². The molecular weight excluding hydrogens is 238 g/mol. The number of anilines is 1.